The lowest BCUT2D eigenvalue weighted by atomic mass is 9.47. The summed E-state index contributed by atoms with van der Waals surface area (Å²) in [4.78, 5) is 48.6. The fourth-order valence-electron chi connectivity index (χ4n) is 7.85. The van der Waals surface area contributed by atoms with Crippen LogP contribution in [0.1, 0.15) is 73.2 Å². The SMILES string of the molecule is CC1(C)O[C@]23[C@H](OC(=O)c4cccnc4)[C@H]1C[C@H](OC(=O)/C=C\c1ccccc1)[C@]2(C)[C@@H](OC(=O)c1cccnc1)CC[C@]3(C)O. The van der Waals surface area contributed by atoms with Crippen molar-refractivity contribution < 1.29 is 38.4 Å². The van der Waals surface area contributed by atoms with Gasteiger partial charge in [0.1, 0.15) is 23.9 Å². The molecule has 1 aromatic carbocycles. The molecule has 2 aliphatic carbocycles. The molecule has 7 atom stereocenters. The predicted octanol–water partition coefficient (Wildman–Crippen LogP) is 4.97. The molecule has 3 aliphatic rings. The van der Waals surface area contributed by atoms with E-state index in [2.05, 4.69) is 9.97 Å². The van der Waals surface area contributed by atoms with E-state index in [4.69, 9.17) is 18.9 Å². The number of aromatic nitrogens is 2. The number of ether oxygens (including phenoxy) is 4. The molecule has 2 aromatic heterocycles. The predicted molar refractivity (Wildman–Crippen MR) is 166 cm³/mol. The van der Waals surface area contributed by atoms with Crippen LogP contribution in [-0.2, 0) is 23.7 Å². The third-order valence-corrected chi connectivity index (χ3v) is 10.1. The van der Waals surface area contributed by atoms with Crippen LogP contribution in [0.4, 0.5) is 0 Å². The van der Waals surface area contributed by atoms with Gasteiger partial charge in [-0.05, 0) is 82.9 Å². The van der Waals surface area contributed by atoms with Crippen molar-refractivity contribution in [1.29, 1.82) is 0 Å². The fourth-order valence-corrected chi connectivity index (χ4v) is 7.85. The smallest absolute Gasteiger partial charge is 0.340 e. The Morgan fingerprint density at radius 1 is 0.848 bits per heavy atom. The number of carbonyl (C=O) groups is 3. The molecule has 6 rings (SSSR count). The van der Waals surface area contributed by atoms with Crippen molar-refractivity contribution in [3.05, 3.63) is 102 Å². The highest BCUT2D eigenvalue weighted by atomic mass is 16.6. The number of fused-ring (bicyclic) bond motifs is 1. The van der Waals surface area contributed by atoms with E-state index in [1.54, 1.807) is 56.6 Å². The summed E-state index contributed by atoms with van der Waals surface area (Å²) >= 11 is 0. The molecule has 1 saturated heterocycles. The van der Waals surface area contributed by atoms with E-state index in [1.165, 1.54) is 18.5 Å². The summed E-state index contributed by atoms with van der Waals surface area (Å²) < 4.78 is 25.7. The standard InChI is InChI=1S/C36H38N2O8/c1-33(2)26-20-28(43-29(39)15-14-23-10-6-5-7-11-23)35(4)27(44-31(40)24-12-8-18-37-21-24)16-17-34(3,42)36(35,46-33)30(26)45-32(41)25-13-9-19-38-22-25/h5-15,18-19,21-22,26-28,30,42H,16-17,20H2,1-4H3/b15-14-/t26-,27+,28+,30-,34+,35+,36+/m1/s1. The molecule has 3 heterocycles. The van der Waals surface area contributed by atoms with Crippen LogP contribution in [0.25, 0.3) is 6.08 Å². The molecular weight excluding hydrogens is 588 g/mol. The number of rotatable bonds is 7. The Bertz CT molecular complexity index is 1630. The number of nitrogens with zero attached hydrogens (tertiary/aromatic N) is 2. The van der Waals surface area contributed by atoms with Crippen molar-refractivity contribution in [2.24, 2.45) is 11.3 Å². The van der Waals surface area contributed by atoms with Crippen LogP contribution < -0.4 is 0 Å². The Labute approximate surface area is 267 Å². The van der Waals surface area contributed by atoms with Gasteiger partial charge in [-0.25, -0.2) is 14.4 Å². The van der Waals surface area contributed by atoms with Gasteiger partial charge in [-0.3, -0.25) is 9.97 Å². The first kappa shape index (κ1) is 31.6. The zero-order chi connectivity index (χ0) is 32.7. The molecule has 0 unspecified atom stereocenters. The first-order valence-corrected chi connectivity index (χ1v) is 15.5. The van der Waals surface area contributed by atoms with E-state index in [0.29, 0.717) is 0 Å². The van der Waals surface area contributed by atoms with Gasteiger partial charge in [-0.2, -0.15) is 0 Å². The van der Waals surface area contributed by atoms with Gasteiger partial charge < -0.3 is 24.1 Å². The van der Waals surface area contributed by atoms with Crippen molar-refractivity contribution in [2.45, 2.75) is 82.1 Å². The number of carbonyl (C=O) groups excluding carboxylic acids is 3. The Balaban J connectivity index is 1.44. The summed E-state index contributed by atoms with van der Waals surface area (Å²) in [5, 5.41) is 12.3. The molecule has 2 bridgehead atoms. The Morgan fingerprint density at radius 2 is 1.48 bits per heavy atom. The third-order valence-electron chi connectivity index (χ3n) is 10.1. The number of hydrogen-bond acceptors (Lipinski definition) is 10. The summed E-state index contributed by atoms with van der Waals surface area (Å²) in [5.41, 5.74) is -4.22. The van der Waals surface area contributed by atoms with E-state index >= 15 is 0 Å². The first-order chi connectivity index (χ1) is 21.9. The van der Waals surface area contributed by atoms with Crippen LogP contribution in [0.15, 0.2) is 85.5 Å². The largest absolute Gasteiger partial charge is 0.458 e. The normalized spacial score (nSPS) is 32.7. The summed E-state index contributed by atoms with van der Waals surface area (Å²) in [7, 11) is 0. The van der Waals surface area contributed by atoms with E-state index in [9.17, 15) is 19.5 Å². The summed E-state index contributed by atoms with van der Waals surface area (Å²) in [6.45, 7) is 7.19. The highest BCUT2D eigenvalue weighted by Crippen LogP contribution is 2.68. The highest BCUT2D eigenvalue weighted by molar-refractivity contribution is 5.90. The van der Waals surface area contributed by atoms with Gasteiger partial charge in [-0.15, -0.1) is 0 Å². The number of benzene rings is 1. The van der Waals surface area contributed by atoms with Crippen molar-refractivity contribution in [2.75, 3.05) is 0 Å². The maximum Gasteiger partial charge on any atom is 0.340 e. The van der Waals surface area contributed by atoms with Crippen molar-refractivity contribution in [3.63, 3.8) is 0 Å². The molecule has 1 N–H and O–H groups in total. The van der Waals surface area contributed by atoms with Crippen LogP contribution in [0.5, 0.6) is 0 Å². The molecule has 1 spiro atoms. The number of esters is 3. The lowest BCUT2D eigenvalue weighted by molar-refractivity contribution is -0.325. The Kier molecular flexibility index (Phi) is 8.06. The Morgan fingerprint density at radius 3 is 2.09 bits per heavy atom. The lowest BCUT2D eigenvalue weighted by Gasteiger charge is -2.64. The van der Waals surface area contributed by atoms with E-state index in [0.717, 1.165) is 5.56 Å². The van der Waals surface area contributed by atoms with Crippen LogP contribution in [0.3, 0.4) is 0 Å². The second-order valence-electron chi connectivity index (χ2n) is 13.3. The molecule has 1 aliphatic heterocycles. The molecule has 10 nitrogen and oxygen atoms in total. The maximum absolute atomic E-state index is 13.6. The number of pyridine rings is 2. The molecule has 3 fully saturated rings. The average Bonchev–Trinajstić information content (AvgIpc) is 3.23. The molecule has 3 aromatic rings. The van der Waals surface area contributed by atoms with Gasteiger partial charge >= 0.3 is 17.9 Å². The van der Waals surface area contributed by atoms with Crippen LogP contribution in [0, 0.1) is 11.3 Å². The molecule has 240 valence electrons. The zero-order valence-electron chi connectivity index (χ0n) is 26.3. The molecule has 0 amide bonds. The minimum atomic E-state index is -1.64. The van der Waals surface area contributed by atoms with Gasteiger partial charge in [-0.1, -0.05) is 30.3 Å². The second-order valence-corrected chi connectivity index (χ2v) is 13.3. The lowest BCUT2D eigenvalue weighted by Crippen LogP contribution is -2.79. The molecular formula is C36H38N2O8. The van der Waals surface area contributed by atoms with Gasteiger partial charge in [0.15, 0.2) is 0 Å². The average molecular weight is 627 g/mol. The topological polar surface area (TPSA) is 134 Å². The monoisotopic (exact) mass is 626 g/mol. The highest BCUT2D eigenvalue weighted by Gasteiger charge is 2.82. The van der Waals surface area contributed by atoms with Crippen LogP contribution >= 0.6 is 0 Å². The summed E-state index contributed by atoms with van der Waals surface area (Å²) in [6.07, 6.45) is 6.80. The summed E-state index contributed by atoms with van der Waals surface area (Å²) in [5.74, 6) is -2.34. The molecule has 2 saturated carbocycles. The van der Waals surface area contributed by atoms with E-state index < -0.39 is 64.4 Å². The number of hydrogen-bond donors (Lipinski definition) is 1. The van der Waals surface area contributed by atoms with Crippen LogP contribution in [-0.4, -0.2) is 68.1 Å². The van der Waals surface area contributed by atoms with E-state index in [-0.39, 0.29) is 30.4 Å². The van der Waals surface area contributed by atoms with Gasteiger partial charge in [0, 0.05) is 36.8 Å². The first-order valence-electron chi connectivity index (χ1n) is 15.5. The van der Waals surface area contributed by atoms with Crippen molar-refractivity contribution in [1.82, 2.24) is 9.97 Å². The van der Waals surface area contributed by atoms with E-state index in [1.807, 2.05) is 44.2 Å². The van der Waals surface area contributed by atoms with Crippen LogP contribution in [0.2, 0.25) is 0 Å². The Hall–Kier alpha value is -4.41. The van der Waals surface area contributed by atoms with Gasteiger partial charge in [0.05, 0.1) is 27.7 Å². The minimum absolute atomic E-state index is 0.159. The fraction of sp³-hybridized carbons (Fsp3) is 0.417. The van der Waals surface area contributed by atoms with Gasteiger partial charge in [0.2, 0.25) is 0 Å². The number of aliphatic hydroxyl groups is 1. The molecule has 46 heavy (non-hydrogen) atoms. The van der Waals surface area contributed by atoms with Crippen molar-refractivity contribution in [3.8, 4) is 0 Å². The molecule has 10 heteroatoms. The third kappa shape index (κ3) is 5.19. The molecule has 0 radical (unpaired) electrons. The maximum atomic E-state index is 13.6. The quantitative estimate of drug-likeness (QED) is 0.218. The summed E-state index contributed by atoms with van der Waals surface area (Å²) in [6, 6.07) is 15.8. The van der Waals surface area contributed by atoms with Gasteiger partial charge in [0.25, 0.3) is 0 Å². The zero-order valence-corrected chi connectivity index (χ0v) is 26.3. The van der Waals surface area contributed by atoms with Crippen molar-refractivity contribution >= 4 is 24.0 Å². The minimum Gasteiger partial charge on any atom is -0.458 e. The second kappa shape index (κ2) is 11.7.